The van der Waals surface area contributed by atoms with E-state index in [1.807, 2.05) is 19.1 Å². The molecule has 3 rings (SSSR count). The molecule has 0 amide bonds. The number of aromatic carboxylic acids is 1. The molecular formula is C17H11Cl2NO2. The lowest BCUT2D eigenvalue weighted by Gasteiger charge is -2.10. The Labute approximate surface area is 137 Å². The molecule has 5 heteroatoms. The van der Waals surface area contributed by atoms with E-state index in [9.17, 15) is 9.90 Å². The monoisotopic (exact) mass is 331 g/mol. The third-order valence-electron chi connectivity index (χ3n) is 3.41. The minimum Gasteiger partial charge on any atom is -0.478 e. The molecule has 3 nitrogen and oxygen atoms in total. The number of hydrogen-bond acceptors (Lipinski definition) is 2. The van der Waals surface area contributed by atoms with Crippen LogP contribution in [0.1, 0.15) is 15.9 Å². The number of rotatable bonds is 2. The molecule has 0 aliphatic heterocycles. The number of aromatic nitrogens is 1. The molecule has 2 aromatic carbocycles. The standard InChI is InChI=1S/C17H11Cl2NO2/c1-9-5-6-14-10(7-9)11(17(21)22)8-15(20-14)16-12(18)3-2-4-13(16)19/h2-8H,1H3,(H,21,22). The molecule has 0 bridgehead atoms. The zero-order chi connectivity index (χ0) is 15.9. The number of halogens is 2. The van der Waals surface area contributed by atoms with Gasteiger partial charge in [-0.1, -0.05) is 40.9 Å². The van der Waals surface area contributed by atoms with Crippen molar-refractivity contribution in [1.82, 2.24) is 4.98 Å². The third-order valence-corrected chi connectivity index (χ3v) is 4.04. The van der Waals surface area contributed by atoms with Crippen LogP contribution >= 0.6 is 23.2 Å². The molecule has 0 aliphatic carbocycles. The fourth-order valence-electron chi connectivity index (χ4n) is 2.39. The summed E-state index contributed by atoms with van der Waals surface area (Å²) in [7, 11) is 0. The minimum atomic E-state index is -1.01. The van der Waals surface area contributed by atoms with E-state index in [0.717, 1.165) is 5.56 Å². The number of pyridine rings is 1. The van der Waals surface area contributed by atoms with E-state index in [2.05, 4.69) is 4.98 Å². The molecular weight excluding hydrogens is 321 g/mol. The van der Waals surface area contributed by atoms with Crippen LogP contribution in [0.4, 0.5) is 0 Å². The molecule has 1 heterocycles. The number of benzene rings is 2. The first-order chi connectivity index (χ1) is 10.5. The molecule has 0 unspecified atom stereocenters. The van der Waals surface area contributed by atoms with Gasteiger partial charge in [-0.3, -0.25) is 0 Å². The molecule has 0 saturated carbocycles. The van der Waals surface area contributed by atoms with Gasteiger partial charge in [0.25, 0.3) is 0 Å². The third kappa shape index (κ3) is 2.54. The fraction of sp³-hybridized carbons (Fsp3) is 0.0588. The van der Waals surface area contributed by atoms with Crippen LogP contribution < -0.4 is 0 Å². The maximum atomic E-state index is 11.6. The summed E-state index contributed by atoms with van der Waals surface area (Å²) >= 11 is 12.4. The largest absolute Gasteiger partial charge is 0.478 e. The lowest BCUT2D eigenvalue weighted by Crippen LogP contribution is -2.01. The van der Waals surface area contributed by atoms with E-state index in [-0.39, 0.29) is 5.56 Å². The smallest absolute Gasteiger partial charge is 0.336 e. The van der Waals surface area contributed by atoms with Gasteiger partial charge in [-0.15, -0.1) is 0 Å². The highest BCUT2D eigenvalue weighted by Gasteiger charge is 2.16. The number of fused-ring (bicyclic) bond motifs is 1. The number of hydrogen-bond donors (Lipinski definition) is 1. The quantitative estimate of drug-likeness (QED) is 0.700. The maximum Gasteiger partial charge on any atom is 0.336 e. The van der Waals surface area contributed by atoms with Gasteiger partial charge in [-0.05, 0) is 37.3 Å². The van der Waals surface area contributed by atoms with E-state index in [1.54, 1.807) is 24.3 Å². The first-order valence-electron chi connectivity index (χ1n) is 6.56. The summed E-state index contributed by atoms with van der Waals surface area (Å²) in [6, 6.07) is 12.1. The summed E-state index contributed by atoms with van der Waals surface area (Å²) in [6.07, 6.45) is 0. The fourth-order valence-corrected chi connectivity index (χ4v) is 2.98. The Morgan fingerprint density at radius 2 is 1.77 bits per heavy atom. The van der Waals surface area contributed by atoms with Gasteiger partial charge in [0.2, 0.25) is 0 Å². The van der Waals surface area contributed by atoms with E-state index < -0.39 is 5.97 Å². The van der Waals surface area contributed by atoms with Gasteiger partial charge in [-0.2, -0.15) is 0 Å². The van der Waals surface area contributed by atoms with Crippen molar-refractivity contribution in [2.24, 2.45) is 0 Å². The lowest BCUT2D eigenvalue weighted by molar-refractivity contribution is 0.0699. The second-order valence-corrected chi connectivity index (χ2v) is 5.79. The Kier molecular flexibility index (Phi) is 3.77. The predicted octanol–water partition coefficient (Wildman–Crippen LogP) is 5.22. The molecule has 0 atom stereocenters. The Morgan fingerprint density at radius 1 is 1.09 bits per heavy atom. The van der Waals surface area contributed by atoms with E-state index in [4.69, 9.17) is 23.2 Å². The highest BCUT2D eigenvalue weighted by atomic mass is 35.5. The Bertz CT molecular complexity index is 886. The van der Waals surface area contributed by atoms with Crippen molar-refractivity contribution < 1.29 is 9.90 Å². The van der Waals surface area contributed by atoms with Crippen molar-refractivity contribution in [2.45, 2.75) is 6.92 Å². The topological polar surface area (TPSA) is 50.2 Å². The molecule has 0 fully saturated rings. The van der Waals surface area contributed by atoms with Gasteiger partial charge in [0.15, 0.2) is 0 Å². The molecule has 0 radical (unpaired) electrons. The van der Waals surface area contributed by atoms with Gasteiger partial charge in [0, 0.05) is 10.9 Å². The van der Waals surface area contributed by atoms with Crippen LogP contribution in [0.3, 0.4) is 0 Å². The first-order valence-corrected chi connectivity index (χ1v) is 7.32. The summed E-state index contributed by atoms with van der Waals surface area (Å²) in [4.78, 5) is 16.1. The molecule has 1 N–H and O–H groups in total. The van der Waals surface area contributed by atoms with Crippen molar-refractivity contribution in [1.29, 1.82) is 0 Å². The summed E-state index contributed by atoms with van der Waals surface area (Å²) in [5.74, 6) is -1.01. The molecule has 0 aliphatic rings. The van der Waals surface area contributed by atoms with Crippen molar-refractivity contribution in [3.05, 3.63) is 63.6 Å². The SMILES string of the molecule is Cc1ccc2nc(-c3c(Cl)cccc3Cl)cc(C(=O)O)c2c1. The van der Waals surface area contributed by atoms with Crippen LogP contribution in [0.2, 0.25) is 10.0 Å². The molecule has 110 valence electrons. The van der Waals surface area contributed by atoms with Crippen LogP contribution in [0.5, 0.6) is 0 Å². The van der Waals surface area contributed by atoms with Gasteiger partial charge in [-0.25, -0.2) is 9.78 Å². The average Bonchev–Trinajstić information content (AvgIpc) is 2.46. The average molecular weight is 332 g/mol. The van der Waals surface area contributed by atoms with Crippen LogP contribution in [0.15, 0.2) is 42.5 Å². The maximum absolute atomic E-state index is 11.6. The summed E-state index contributed by atoms with van der Waals surface area (Å²) < 4.78 is 0. The zero-order valence-electron chi connectivity index (χ0n) is 11.6. The Hall–Kier alpha value is -2.10. The highest BCUT2D eigenvalue weighted by Crippen LogP contribution is 2.35. The molecule has 1 aromatic heterocycles. The summed E-state index contributed by atoms with van der Waals surface area (Å²) in [6.45, 7) is 1.91. The molecule has 22 heavy (non-hydrogen) atoms. The summed E-state index contributed by atoms with van der Waals surface area (Å²) in [5, 5.41) is 11.0. The highest BCUT2D eigenvalue weighted by molar-refractivity contribution is 6.39. The first kappa shape index (κ1) is 14.8. The molecule has 0 spiro atoms. The van der Waals surface area contributed by atoms with Crippen molar-refractivity contribution in [3.8, 4) is 11.3 Å². The van der Waals surface area contributed by atoms with Gasteiger partial charge in [0.05, 0.1) is 26.8 Å². The van der Waals surface area contributed by atoms with Gasteiger partial charge < -0.3 is 5.11 Å². The van der Waals surface area contributed by atoms with Gasteiger partial charge >= 0.3 is 5.97 Å². The normalized spacial score (nSPS) is 10.9. The van der Waals surface area contributed by atoms with Crippen molar-refractivity contribution in [2.75, 3.05) is 0 Å². The van der Waals surface area contributed by atoms with E-state index in [1.165, 1.54) is 6.07 Å². The van der Waals surface area contributed by atoms with Gasteiger partial charge in [0.1, 0.15) is 0 Å². The Morgan fingerprint density at radius 3 is 2.41 bits per heavy atom. The second kappa shape index (κ2) is 5.59. The van der Waals surface area contributed by atoms with Crippen LogP contribution in [0, 0.1) is 6.92 Å². The number of carboxylic acids is 1. The number of carboxylic acid groups (broad SMARTS) is 1. The number of carbonyl (C=O) groups is 1. The number of aryl methyl sites for hydroxylation is 1. The van der Waals surface area contributed by atoms with Crippen LogP contribution in [-0.4, -0.2) is 16.1 Å². The summed E-state index contributed by atoms with van der Waals surface area (Å²) in [5.41, 5.74) is 2.73. The van der Waals surface area contributed by atoms with Crippen molar-refractivity contribution in [3.63, 3.8) is 0 Å². The van der Waals surface area contributed by atoms with Crippen LogP contribution in [-0.2, 0) is 0 Å². The number of nitrogens with zero attached hydrogens (tertiary/aromatic N) is 1. The van der Waals surface area contributed by atoms with Crippen LogP contribution in [0.25, 0.3) is 22.2 Å². The predicted molar refractivity (Wildman–Crippen MR) is 88.9 cm³/mol. The Balaban J connectivity index is 2.37. The lowest BCUT2D eigenvalue weighted by atomic mass is 10.0. The molecule has 3 aromatic rings. The van der Waals surface area contributed by atoms with E-state index in [0.29, 0.717) is 32.2 Å². The second-order valence-electron chi connectivity index (χ2n) is 4.98. The van der Waals surface area contributed by atoms with E-state index >= 15 is 0 Å². The minimum absolute atomic E-state index is 0.180. The zero-order valence-corrected chi connectivity index (χ0v) is 13.1. The van der Waals surface area contributed by atoms with Crippen molar-refractivity contribution >= 4 is 40.1 Å². The molecule has 0 saturated heterocycles.